The van der Waals surface area contributed by atoms with E-state index in [1.165, 1.54) is 0 Å². The Hall–Kier alpha value is -1.04. The van der Waals surface area contributed by atoms with Crippen LogP contribution in [0.5, 0.6) is 0 Å². The van der Waals surface area contributed by atoms with E-state index in [-0.39, 0.29) is 12.4 Å². The van der Waals surface area contributed by atoms with Gasteiger partial charge in [0, 0.05) is 18.7 Å². The first kappa shape index (κ1) is 13.4. The molecule has 2 aromatic rings. The van der Waals surface area contributed by atoms with Gasteiger partial charge in [-0.25, -0.2) is 0 Å². The summed E-state index contributed by atoms with van der Waals surface area (Å²) in [5, 5.41) is 8.01. The van der Waals surface area contributed by atoms with E-state index in [0.29, 0.717) is 16.8 Å². The highest BCUT2D eigenvalue weighted by Gasteiger charge is 2.21. The van der Waals surface area contributed by atoms with E-state index in [0.717, 1.165) is 37.4 Å². The molecule has 3 heterocycles. The SMILES string of the molecule is Cl.Clc1c[nH]c(-c2nc([C@H]3CCCNC3)no2)c1. The van der Waals surface area contributed by atoms with Crippen molar-refractivity contribution in [2.24, 2.45) is 0 Å². The Morgan fingerprint density at radius 3 is 3.00 bits per heavy atom. The van der Waals surface area contributed by atoms with Gasteiger partial charge in [-0.2, -0.15) is 4.98 Å². The Balaban J connectivity index is 0.00000120. The van der Waals surface area contributed by atoms with Gasteiger partial charge in [0.25, 0.3) is 5.89 Å². The van der Waals surface area contributed by atoms with Gasteiger partial charge >= 0.3 is 0 Å². The minimum Gasteiger partial charge on any atom is -0.356 e. The van der Waals surface area contributed by atoms with Gasteiger partial charge in [-0.15, -0.1) is 12.4 Å². The maximum Gasteiger partial charge on any atom is 0.274 e. The number of nitrogens with zero attached hydrogens (tertiary/aromatic N) is 2. The zero-order valence-electron chi connectivity index (χ0n) is 9.65. The lowest BCUT2D eigenvalue weighted by Crippen LogP contribution is -2.28. The Kier molecular flexibility index (Phi) is 4.27. The number of halogens is 2. The Morgan fingerprint density at radius 2 is 2.33 bits per heavy atom. The van der Waals surface area contributed by atoms with Crippen LogP contribution in [-0.2, 0) is 0 Å². The molecule has 5 nitrogen and oxygen atoms in total. The summed E-state index contributed by atoms with van der Waals surface area (Å²) in [7, 11) is 0. The molecule has 2 N–H and O–H groups in total. The molecule has 1 aliphatic rings. The summed E-state index contributed by atoms with van der Waals surface area (Å²) < 4.78 is 5.24. The van der Waals surface area contributed by atoms with Crippen LogP contribution in [0.2, 0.25) is 5.02 Å². The molecule has 2 aromatic heterocycles. The third-order valence-corrected chi connectivity index (χ3v) is 3.20. The number of hydrogen-bond acceptors (Lipinski definition) is 4. The van der Waals surface area contributed by atoms with Gasteiger partial charge < -0.3 is 14.8 Å². The minimum atomic E-state index is 0. The first-order valence-corrected chi connectivity index (χ1v) is 6.09. The summed E-state index contributed by atoms with van der Waals surface area (Å²) in [5.74, 6) is 1.63. The predicted octanol–water partition coefficient (Wildman–Crippen LogP) is 2.61. The third kappa shape index (κ3) is 2.68. The highest BCUT2D eigenvalue weighted by atomic mass is 35.5. The topological polar surface area (TPSA) is 66.7 Å². The van der Waals surface area contributed by atoms with E-state index in [2.05, 4.69) is 20.4 Å². The molecule has 0 bridgehead atoms. The number of nitrogens with one attached hydrogen (secondary N) is 2. The second kappa shape index (κ2) is 5.73. The van der Waals surface area contributed by atoms with Gasteiger partial charge in [0.2, 0.25) is 0 Å². The zero-order valence-corrected chi connectivity index (χ0v) is 11.2. The molecule has 0 aliphatic carbocycles. The number of aromatic nitrogens is 3. The van der Waals surface area contributed by atoms with E-state index in [1.807, 2.05) is 0 Å². The number of hydrogen-bond donors (Lipinski definition) is 2. The van der Waals surface area contributed by atoms with Crippen LogP contribution in [0.3, 0.4) is 0 Å². The van der Waals surface area contributed by atoms with Crippen molar-refractivity contribution in [3.63, 3.8) is 0 Å². The minimum absolute atomic E-state index is 0. The maximum absolute atomic E-state index is 5.83. The number of H-pyrrole nitrogens is 1. The summed E-state index contributed by atoms with van der Waals surface area (Å²) in [6, 6.07) is 1.78. The van der Waals surface area contributed by atoms with Crippen molar-refractivity contribution in [3.05, 3.63) is 23.1 Å². The zero-order chi connectivity index (χ0) is 11.7. The lowest BCUT2D eigenvalue weighted by Gasteiger charge is -2.19. The van der Waals surface area contributed by atoms with E-state index >= 15 is 0 Å². The fourth-order valence-electron chi connectivity index (χ4n) is 2.07. The molecule has 0 unspecified atom stereocenters. The lowest BCUT2D eigenvalue weighted by molar-refractivity contribution is 0.392. The van der Waals surface area contributed by atoms with E-state index in [9.17, 15) is 0 Å². The van der Waals surface area contributed by atoms with E-state index in [4.69, 9.17) is 16.1 Å². The summed E-state index contributed by atoms with van der Waals surface area (Å²) >= 11 is 5.83. The van der Waals surface area contributed by atoms with E-state index < -0.39 is 0 Å². The van der Waals surface area contributed by atoms with E-state index in [1.54, 1.807) is 12.3 Å². The molecule has 98 valence electrons. The molecule has 0 saturated carbocycles. The van der Waals surface area contributed by atoms with Crippen LogP contribution in [0.4, 0.5) is 0 Å². The molecular formula is C11H14Cl2N4O. The molecule has 1 saturated heterocycles. The molecular weight excluding hydrogens is 275 g/mol. The predicted molar refractivity (Wildman–Crippen MR) is 71.2 cm³/mol. The molecule has 18 heavy (non-hydrogen) atoms. The third-order valence-electron chi connectivity index (χ3n) is 2.98. The lowest BCUT2D eigenvalue weighted by atomic mass is 9.99. The smallest absolute Gasteiger partial charge is 0.274 e. The monoisotopic (exact) mass is 288 g/mol. The highest BCUT2D eigenvalue weighted by Crippen LogP contribution is 2.24. The van der Waals surface area contributed by atoms with Crippen LogP contribution in [0, 0.1) is 0 Å². The summed E-state index contributed by atoms with van der Waals surface area (Å²) in [6.07, 6.45) is 3.96. The molecule has 1 fully saturated rings. The fraction of sp³-hybridized carbons (Fsp3) is 0.455. The average Bonchev–Trinajstić information content (AvgIpc) is 2.98. The normalized spacial score (nSPS) is 19.5. The average molecular weight is 289 g/mol. The van der Waals surface area contributed by atoms with Gasteiger partial charge in [-0.05, 0) is 25.5 Å². The van der Waals surface area contributed by atoms with Crippen LogP contribution < -0.4 is 5.32 Å². The van der Waals surface area contributed by atoms with Crippen molar-refractivity contribution >= 4 is 24.0 Å². The first-order chi connectivity index (χ1) is 8.33. The molecule has 7 heteroatoms. The molecule has 0 aromatic carbocycles. The molecule has 0 amide bonds. The quantitative estimate of drug-likeness (QED) is 0.891. The Bertz CT molecular complexity index is 505. The Morgan fingerprint density at radius 1 is 1.44 bits per heavy atom. The van der Waals surface area contributed by atoms with Gasteiger partial charge in [-0.3, -0.25) is 0 Å². The molecule has 1 aliphatic heterocycles. The van der Waals surface area contributed by atoms with Gasteiger partial charge in [0.15, 0.2) is 5.82 Å². The second-order valence-corrected chi connectivity index (χ2v) is 4.67. The van der Waals surface area contributed by atoms with Crippen molar-refractivity contribution in [1.82, 2.24) is 20.4 Å². The second-order valence-electron chi connectivity index (χ2n) is 4.23. The fourth-order valence-corrected chi connectivity index (χ4v) is 2.24. The van der Waals surface area contributed by atoms with Gasteiger partial charge in [-0.1, -0.05) is 16.8 Å². The van der Waals surface area contributed by atoms with Crippen LogP contribution in [0.25, 0.3) is 11.6 Å². The standard InChI is InChI=1S/C11H13ClN4O.ClH/c12-8-4-9(14-6-8)11-15-10(16-17-11)7-2-1-3-13-5-7;/h4,6-7,13-14H,1-3,5H2;1H/t7-;/m0./s1. The van der Waals surface area contributed by atoms with Crippen molar-refractivity contribution in [3.8, 4) is 11.6 Å². The maximum atomic E-state index is 5.83. The number of aromatic amines is 1. The van der Waals surface area contributed by atoms with Crippen molar-refractivity contribution < 1.29 is 4.52 Å². The molecule has 1 atom stereocenters. The van der Waals surface area contributed by atoms with Gasteiger partial charge in [0.05, 0.1) is 5.02 Å². The van der Waals surface area contributed by atoms with Crippen molar-refractivity contribution in [1.29, 1.82) is 0 Å². The largest absolute Gasteiger partial charge is 0.356 e. The number of piperidine rings is 1. The van der Waals surface area contributed by atoms with Crippen molar-refractivity contribution in [2.75, 3.05) is 13.1 Å². The highest BCUT2D eigenvalue weighted by molar-refractivity contribution is 6.30. The van der Waals surface area contributed by atoms with Crippen molar-refractivity contribution in [2.45, 2.75) is 18.8 Å². The Labute approximate surface area is 116 Å². The molecule has 0 radical (unpaired) electrons. The van der Waals surface area contributed by atoms with Crippen LogP contribution in [0.1, 0.15) is 24.6 Å². The van der Waals surface area contributed by atoms with Crippen LogP contribution >= 0.6 is 24.0 Å². The van der Waals surface area contributed by atoms with Crippen LogP contribution in [0.15, 0.2) is 16.8 Å². The summed E-state index contributed by atoms with van der Waals surface area (Å²) in [5.41, 5.74) is 0.762. The summed E-state index contributed by atoms with van der Waals surface area (Å²) in [4.78, 5) is 7.40. The molecule has 0 spiro atoms. The first-order valence-electron chi connectivity index (χ1n) is 5.71. The number of rotatable bonds is 2. The van der Waals surface area contributed by atoms with Crippen LogP contribution in [-0.4, -0.2) is 28.2 Å². The molecule has 3 rings (SSSR count). The van der Waals surface area contributed by atoms with Gasteiger partial charge in [0.1, 0.15) is 5.69 Å². The summed E-state index contributed by atoms with van der Waals surface area (Å²) in [6.45, 7) is 2.00.